The van der Waals surface area contributed by atoms with Crippen LogP contribution in [0.3, 0.4) is 0 Å². The van der Waals surface area contributed by atoms with Gasteiger partial charge in [-0.05, 0) is 79.1 Å². The van der Waals surface area contributed by atoms with E-state index < -0.39 is 23.8 Å². The van der Waals surface area contributed by atoms with Gasteiger partial charge in [-0.15, -0.1) is 0 Å². The minimum absolute atomic E-state index is 0.0839. The second-order valence-corrected chi connectivity index (χ2v) is 13.0. The van der Waals surface area contributed by atoms with E-state index in [1.165, 1.54) is 0 Å². The number of imidazole rings is 1. The first kappa shape index (κ1) is 28.3. The molecule has 0 spiro atoms. The molecule has 4 saturated carbocycles. The molecule has 2 amide bonds. The molecule has 4 fully saturated rings. The van der Waals surface area contributed by atoms with Gasteiger partial charge in [0.2, 0.25) is 17.8 Å². The van der Waals surface area contributed by atoms with Gasteiger partial charge in [0.15, 0.2) is 5.69 Å². The van der Waals surface area contributed by atoms with E-state index in [4.69, 9.17) is 9.61 Å². The predicted molar refractivity (Wildman–Crippen MR) is 145 cm³/mol. The number of H-pyrrole nitrogens is 1. The topological polar surface area (TPSA) is 126 Å². The third kappa shape index (κ3) is 6.12. The number of nitrogens with zero attached hydrogens (tertiary/aromatic N) is 3. The molecule has 230 valence electrons. The maximum atomic E-state index is 14.0. The van der Waals surface area contributed by atoms with Gasteiger partial charge in [-0.3, -0.25) is 9.59 Å². The Balaban J connectivity index is 1.12. The minimum atomic E-state index is -2.73. The minimum Gasteiger partial charge on any atom is -0.349 e. The Labute approximate surface area is 244 Å². The van der Waals surface area contributed by atoms with Crippen molar-refractivity contribution in [3.05, 3.63) is 41.0 Å². The lowest BCUT2D eigenvalue weighted by Gasteiger charge is -2.34. The molecule has 1 aromatic carbocycles. The molecule has 13 heteroatoms. The van der Waals surface area contributed by atoms with Crippen LogP contribution in [-0.2, 0) is 4.79 Å². The summed E-state index contributed by atoms with van der Waals surface area (Å²) in [5.41, 5.74) is 2.82. The highest BCUT2D eigenvalue weighted by Gasteiger charge is 2.46. The summed E-state index contributed by atoms with van der Waals surface area (Å²) >= 11 is 0. The molecular formula is C30H34F4N6O3. The van der Waals surface area contributed by atoms with Crippen LogP contribution in [0.15, 0.2) is 22.8 Å². The molecule has 0 bridgehead atoms. The number of hydrogen-bond acceptors (Lipinski definition) is 6. The van der Waals surface area contributed by atoms with Gasteiger partial charge >= 0.3 is 0 Å². The first-order valence-corrected chi connectivity index (χ1v) is 15.2. The van der Waals surface area contributed by atoms with Crippen molar-refractivity contribution in [2.75, 3.05) is 0 Å². The molecule has 2 aromatic heterocycles. The van der Waals surface area contributed by atoms with Crippen LogP contribution < -0.4 is 10.6 Å². The number of carbonyl (C=O) groups is 2. The van der Waals surface area contributed by atoms with Gasteiger partial charge < -0.3 is 15.6 Å². The highest BCUT2D eigenvalue weighted by molar-refractivity contribution is 5.93. The van der Waals surface area contributed by atoms with Crippen molar-refractivity contribution in [3.8, 4) is 0 Å². The van der Waals surface area contributed by atoms with E-state index in [0.717, 1.165) is 31.2 Å². The molecule has 3 N–H and O–H groups in total. The average Bonchev–Trinajstić information content (AvgIpc) is 3.87. The fraction of sp³-hybridized carbons (Fsp3) is 0.633. The predicted octanol–water partition coefficient (Wildman–Crippen LogP) is 6.12. The second-order valence-electron chi connectivity index (χ2n) is 13.0. The lowest BCUT2D eigenvalue weighted by atomic mass is 9.79. The van der Waals surface area contributed by atoms with Crippen LogP contribution in [0, 0.1) is 17.8 Å². The van der Waals surface area contributed by atoms with Gasteiger partial charge in [-0.25, -0.2) is 27.2 Å². The zero-order valence-electron chi connectivity index (χ0n) is 23.6. The Kier molecular flexibility index (Phi) is 6.96. The molecule has 7 rings (SSSR count). The van der Waals surface area contributed by atoms with Crippen molar-refractivity contribution in [2.45, 2.75) is 100 Å². The standard InChI is InChI=1S/C30H34F4N6O3/c31-29(32)9-7-18(8-10-29)25(38-28(42)26-24(17-3-4-17)39-43-40-26)27-35-20-6-5-19(12-21(20)36-27)23(16-1-2-16)37-22(41)11-15-13-30(33,34)14-15/h5-6,12,15-18,23,25H,1-4,7-11,13-14H2,(H,35,36)(H,37,41)(H,38,42)/t23-,25+/m1/s1. The van der Waals surface area contributed by atoms with E-state index in [-0.39, 0.29) is 86.3 Å². The highest BCUT2D eigenvalue weighted by Crippen LogP contribution is 2.46. The van der Waals surface area contributed by atoms with Crippen molar-refractivity contribution >= 4 is 22.8 Å². The van der Waals surface area contributed by atoms with E-state index in [2.05, 4.69) is 25.9 Å². The molecule has 2 atom stereocenters. The Morgan fingerprint density at radius 2 is 1.65 bits per heavy atom. The lowest BCUT2D eigenvalue weighted by Crippen LogP contribution is -2.39. The molecule has 0 saturated heterocycles. The number of alkyl halides is 4. The maximum absolute atomic E-state index is 14.0. The summed E-state index contributed by atoms with van der Waals surface area (Å²) < 4.78 is 59.5. The van der Waals surface area contributed by atoms with Gasteiger partial charge in [0, 0.05) is 38.0 Å². The summed E-state index contributed by atoms with van der Waals surface area (Å²) in [6, 6.07) is 4.72. The molecule has 0 aliphatic heterocycles. The number of fused-ring (bicyclic) bond motifs is 1. The van der Waals surface area contributed by atoms with E-state index >= 15 is 0 Å². The third-order valence-electron chi connectivity index (χ3n) is 9.45. The SMILES string of the molecule is O=C(CC1CC(F)(F)C1)N[C@@H](c1ccc2nc([C@@H](NC(=O)c3nonc3C3CC3)C3CCC(F)(F)CC3)[nH]c2c1)C1CC1. The molecule has 3 aromatic rings. The van der Waals surface area contributed by atoms with Crippen molar-refractivity contribution in [2.24, 2.45) is 17.8 Å². The van der Waals surface area contributed by atoms with Crippen LogP contribution in [-0.4, -0.2) is 43.9 Å². The van der Waals surface area contributed by atoms with Crippen LogP contribution in [0.5, 0.6) is 0 Å². The number of hydrogen-bond donors (Lipinski definition) is 3. The number of aromatic amines is 1. The number of halogens is 4. The van der Waals surface area contributed by atoms with Crippen molar-refractivity contribution < 1.29 is 31.8 Å². The summed E-state index contributed by atoms with van der Waals surface area (Å²) in [5.74, 6) is -5.82. The van der Waals surface area contributed by atoms with Gasteiger partial charge in [-0.2, -0.15) is 0 Å². The molecule has 4 aliphatic carbocycles. The van der Waals surface area contributed by atoms with Crippen molar-refractivity contribution in [1.29, 1.82) is 0 Å². The van der Waals surface area contributed by atoms with Crippen LogP contribution in [0.1, 0.15) is 116 Å². The number of benzene rings is 1. The number of aromatic nitrogens is 4. The number of amides is 2. The molecule has 9 nitrogen and oxygen atoms in total. The van der Waals surface area contributed by atoms with Gasteiger partial charge in [0.1, 0.15) is 11.5 Å². The van der Waals surface area contributed by atoms with E-state index in [1.54, 1.807) is 0 Å². The Bertz CT molecular complexity index is 1510. The zero-order chi connectivity index (χ0) is 29.9. The first-order chi connectivity index (χ1) is 20.5. The maximum Gasteiger partial charge on any atom is 0.276 e. The molecule has 43 heavy (non-hydrogen) atoms. The second kappa shape index (κ2) is 10.6. The fourth-order valence-electron chi connectivity index (χ4n) is 6.71. The normalized spacial score (nSPS) is 23.4. The summed E-state index contributed by atoms with van der Waals surface area (Å²) in [6.45, 7) is 0. The van der Waals surface area contributed by atoms with Gasteiger partial charge in [0.25, 0.3) is 5.91 Å². The quantitative estimate of drug-likeness (QED) is 0.240. The molecular weight excluding hydrogens is 568 g/mol. The van der Waals surface area contributed by atoms with Gasteiger partial charge in [0.05, 0.1) is 23.1 Å². The highest BCUT2D eigenvalue weighted by atomic mass is 19.3. The summed E-state index contributed by atoms with van der Waals surface area (Å²) in [7, 11) is 0. The van der Waals surface area contributed by atoms with Crippen molar-refractivity contribution in [3.63, 3.8) is 0 Å². The first-order valence-electron chi connectivity index (χ1n) is 15.2. The van der Waals surface area contributed by atoms with E-state index in [0.29, 0.717) is 22.6 Å². The number of rotatable bonds is 10. The number of carbonyl (C=O) groups excluding carboxylic acids is 2. The molecule has 4 aliphatic rings. The Morgan fingerprint density at radius 3 is 2.33 bits per heavy atom. The fourth-order valence-corrected chi connectivity index (χ4v) is 6.71. The smallest absolute Gasteiger partial charge is 0.276 e. The Morgan fingerprint density at radius 1 is 0.930 bits per heavy atom. The van der Waals surface area contributed by atoms with Gasteiger partial charge in [-0.1, -0.05) is 11.2 Å². The van der Waals surface area contributed by atoms with E-state index in [9.17, 15) is 27.2 Å². The van der Waals surface area contributed by atoms with Crippen molar-refractivity contribution in [1.82, 2.24) is 30.9 Å². The summed E-state index contributed by atoms with van der Waals surface area (Å²) in [6.07, 6.45) is 3.21. The zero-order valence-corrected chi connectivity index (χ0v) is 23.6. The van der Waals surface area contributed by atoms with Crippen LogP contribution >= 0.6 is 0 Å². The van der Waals surface area contributed by atoms with E-state index in [1.807, 2.05) is 18.2 Å². The molecule has 0 unspecified atom stereocenters. The van der Waals surface area contributed by atoms with Crippen LogP contribution in [0.4, 0.5) is 17.6 Å². The largest absolute Gasteiger partial charge is 0.349 e. The Hall–Kier alpha value is -3.51. The number of nitrogens with one attached hydrogen (secondary N) is 3. The lowest BCUT2D eigenvalue weighted by molar-refractivity contribution is -0.134. The van der Waals surface area contributed by atoms with Crippen LogP contribution in [0.25, 0.3) is 11.0 Å². The average molecular weight is 603 g/mol. The molecule has 0 radical (unpaired) electrons. The third-order valence-corrected chi connectivity index (χ3v) is 9.45. The monoisotopic (exact) mass is 602 g/mol. The van der Waals surface area contributed by atoms with Crippen LogP contribution in [0.2, 0.25) is 0 Å². The molecule has 2 heterocycles. The summed E-state index contributed by atoms with van der Waals surface area (Å²) in [5, 5.41) is 13.8. The summed E-state index contributed by atoms with van der Waals surface area (Å²) in [4.78, 5) is 34.1.